The third kappa shape index (κ3) is 4.73. The van der Waals surface area contributed by atoms with Crippen LogP contribution in [-0.2, 0) is 4.74 Å². The van der Waals surface area contributed by atoms with Crippen molar-refractivity contribution >= 4 is 0 Å². The van der Waals surface area contributed by atoms with Gasteiger partial charge in [0.15, 0.2) is 0 Å². The molecule has 1 unspecified atom stereocenters. The van der Waals surface area contributed by atoms with Gasteiger partial charge < -0.3 is 9.84 Å². The van der Waals surface area contributed by atoms with Gasteiger partial charge in [0.1, 0.15) is 0 Å². The Balaban J connectivity index is 1.84. The minimum Gasteiger partial charge on any atom is -0.393 e. The Labute approximate surface area is 74.9 Å². The maximum atomic E-state index is 9.47. The second-order valence-corrected chi connectivity index (χ2v) is 3.66. The van der Waals surface area contributed by atoms with Crippen LogP contribution in [-0.4, -0.2) is 24.4 Å². The summed E-state index contributed by atoms with van der Waals surface area (Å²) in [6, 6.07) is 0. The Morgan fingerprint density at radius 3 is 2.75 bits per heavy atom. The van der Waals surface area contributed by atoms with Crippen molar-refractivity contribution in [1.29, 1.82) is 0 Å². The van der Waals surface area contributed by atoms with Gasteiger partial charge in [0.2, 0.25) is 0 Å². The van der Waals surface area contributed by atoms with Crippen LogP contribution >= 0.6 is 0 Å². The minimum absolute atomic E-state index is 0.128. The van der Waals surface area contributed by atoms with Gasteiger partial charge in [-0.25, -0.2) is 0 Å². The molecule has 12 heavy (non-hydrogen) atoms. The Hall–Kier alpha value is -0.0800. The van der Waals surface area contributed by atoms with Gasteiger partial charge in [-0.05, 0) is 32.1 Å². The fourth-order valence-corrected chi connectivity index (χ4v) is 1.34. The molecule has 72 valence electrons. The van der Waals surface area contributed by atoms with Gasteiger partial charge >= 0.3 is 0 Å². The normalized spacial score (nSPS) is 19.5. The molecule has 0 aromatic carbocycles. The smallest absolute Gasteiger partial charge is 0.0562 e. The average molecular weight is 172 g/mol. The first-order valence-corrected chi connectivity index (χ1v) is 5.08. The van der Waals surface area contributed by atoms with Gasteiger partial charge in [-0.1, -0.05) is 12.8 Å². The maximum absolute atomic E-state index is 9.47. The topological polar surface area (TPSA) is 29.5 Å². The standard InChI is InChI=1S/C10H20O2/c1-2-12-8-7-10(11)6-5-9-3-4-9/h9-11H,2-8H2,1H3. The SMILES string of the molecule is CCOCCC(O)CCC1CC1. The molecule has 1 fully saturated rings. The van der Waals surface area contributed by atoms with Crippen LogP contribution in [0.15, 0.2) is 0 Å². The summed E-state index contributed by atoms with van der Waals surface area (Å²) in [5, 5.41) is 9.47. The van der Waals surface area contributed by atoms with E-state index in [0.29, 0.717) is 6.61 Å². The van der Waals surface area contributed by atoms with Gasteiger partial charge in [0.05, 0.1) is 6.10 Å². The molecular formula is C10H20O2. The van der Waals surface area contributed by atoms with Crippen LogP contribution in [0.1, 0.15) is 39.0 Å². The third-order valence-electron chi connectivity index (χ3n) is 2.40. The molecule has 0 bridgehead atoms. The summed E-state index contributed by atoms with van der Waals surface area (Å²) in [5.74, 6) is 0.937. The molecule has 1 aliphatic rings. The van der Waals surface area contributed by atoms with E-state index < -0.39 is 0 Å². The summed E-state index contributed by atoms with van der Waals surface area (Å²) in [4.78, 5) is 0. The van der Waals surface area contributed by atoms with Crippen LogP contribution in [0.4, 0.5) is 0 Å². The molecule has 1 aliphatic carbocycles. The summed E-state index contributed by atoms with van der Waals surface area (Å²) in [7, 11) is 0. The first-order chi connectivity index (χ1) is 5.83. The van der Waals surface area contributed by atoms with Crippen LogP contribution in [0, 0.1) is 5.92 Å². The van der Waals surface area contributed by atoms with Gasteiger partial charge in [-0.2, -0.15) is 0 Å². The molecule has 1 N–H and O–H groups in total. The van der Waals surface area contributed by atoms with Crippen molar-refractivity contribution in [3.63, 3.8) is 0 Å². The highest BCUT2D eigenvalue weighted by Gasteiger charge is 2.21. The molecule has 0 saturated heterocycles. The quantitative estimate of drug-likeness (QED) is 0.595. The fraction of sp³-hybridized carbons (Fsp3) is 1.00. The lowest BCUT2D eigenvalue weighted by Gasteiger charge is -2.09. The molecule has 0 radical (unpaired) electrons. The summed E-state index contributed by atoms with van der Waals surface area (Å²) in [6.07, 6.45) is 5.64. The second-order valence-electron chi connectivity index (χ2n) is 3.66. The van der Waals surface area contributed by atoms with E-state index in [0.717, 1.165) is 25.4 Å². The summed E-state index contributed by atoms with van der Waals surface area (Å²) in [6.45, 7) is 3.45. The number of aliphatic hydroxyl groups excluding tert-OH is 1. The Kier molecular flexibility index (Phi) is 4.62. The van der Waals surface area contributed by atoms with E-state index in [9.17, 15) is 5.11 Å². The van der Waals surface area contributed by atoms with Gasteiger partial charge in [-0.15, -0.1) is 0 Å². The molecule has 1 saturated carbocycles. The lowest BCUT2D eigenvalue weighted by Crippen LogP contribution is -2.10. The van der Waals surface area contributed by atoms with E-state index in [1.807, 2.05) is 6.92 Å². The molecular weight excluding hydrogens is 152 g/mol. The van der Waals surface area contributed by atoms with Crippen molar-refractivity contribution in [1.82, 2.24) is 0 Å². The van der Waals surface area contributed by atoms with Crippen LogP contribution in [0.25, 0.3) is 0 Å². The van der Waals surface area contributed by atoms with Gasteiger partial charge in [0, 0.05) is 13.2 Å². The first kappa shape index (κ1) is 10.0. The predicted molar refractivity (Wildman–Crippen MR) is 49.1 cm³/mol. The van der Waals surface area contributed by atoms with E-state index in [4.69, 9.17) is 4.74 Å². The van der Waals surface area contributed by atoms with Crippen LogP contribution in [0.3, 0.4) is 0 Å². The van der Waals surface area contributed by atoms with E-state index in [1.165, 1.54) is 19.3 Å². The predicted octanol–water partition coefficient (Wildman–Crippen LogP) is 1.96. The fourth-order valence-electron chi connectivity index (χ4n) is 1.34. The summed E-state index contributed by atoms with van der Waals surface area (Å²) in [5.41, 5.74) is 0. The molecule has 0 amide bonds. The zero-order valence-corrected chi connectivity index (χ0v) is 7.96. The number of hydrogen-bond donors (Lipinski definition) is 1. The van der Waals surface area contributed by atoms with Gasteiger partial charge in [0.25, 0.3) is 0 Å². The van der Waals surface area contributed by atoms with E-state index >= 15 is 0 Å². The van der Waals surface area contributed by atoms with E-state index in [2.05, 4.69) is 0 Å². The number of aliphatic hydroxyl groups is 1. The molecule has 1 atom stereocenters. The highest BCUT2D eigenvalue weighted by molar-refractivity contribution is 4.74. The van der Waals surface area contributed by atoms with Crippen LogP contribution in [0.2, 0.25) is 0 Å². The van der Waals surface area contributed by atoms with Crippen molar-refractivity contribution in [2.75, 3.05) is 13.2 Å². The Morgan fingerprint density at radius 1 is 1.42 bits per heavy atom. The second kappa shape index (κ2) is 5.55. The van der Waals surface area contributed by atoms with Crippen molar-refractivity contribution in [3.8, 4) is 0 Å². The Morgan fingerprint density at radius 2 is 2.17 bits per heavy atom. The minimum atomic E-state index is -0.128. The molecule has 0 spiro atoms. The molecule has 0 aliphatic heterocycles. The zero-order chi connectivity index (χ0) is 8.81. The highest BCUT2D eigenvalue weighted by Crippen LogP contribution is 2.34. The van der Waals surface area contributed by atoms with Gasteiger partial charge in [-0.3, -0.25) is 0 Å². The monoisotopic (exact) mass is 172 g/mol. The van der Waals surface area contributed by atoms with Crippen molar-refractivity contribution in [3.05, 3.63) is 0 Å². The lowest BCUT2D eigenvalue weighted by molar-refractivity contribution is 0.0824. The number of hydrogen-bond acceptors (Lipinski definition) is 2. The number of ether oxygens (including phenoxy) is 1. The highest BCUT2D eigenvalue weighted by atomic mass is 16.5. The molecule has 0 aromatic rings. The van der Waals surface area contributed by atoms with E-state index in [-0.39, 0.29) is 6.10 Å². The molecule has 2 heteroatoms. The Bertz CT molecular complexity index is 110. The van der Waals surface area contributed by atoms with Crippen LogP contribution in [0.5, 0.6) is 0 Å². The summed E-state index contributed by atoms with van der Waals surface area (Å²) >= 11 is 0. The number of rotatable bonds is 7. The molecule has 2 nitrogen and oxygen atoms in total. The molecule has 0 heterocycles. The third-order valence-corrected chi connectivity index (χ3v) is 2.40. The van der Waals surface area contributed by atoms with Crippen molar-refractivity contribution < 1.29 is 9.84 Å². The molecule has 0 aromatic heterocycles. The van der Waals surface area contributed by atoms with E-state index in [1.54, 1.807) is 0 Å². The largest absolute Gasteiger partial charge is 0.393 e. The van der Waals surface area contributed by atoms with Crippen molar-refractivity contribution in [2.24, 2.45) is 5.92 Å². The zero-order valence-electron chi connectivity index (χ0n) is 7.96. The lowest BCUT2D eigenvalue weighted by atomic mass is 10.1. The first-order valence-electron chi connectivity index (χ1n) is 5.08. The average Bonchev–Trinajstić information content (AvgIpc) is 2.84. The molecule has 1 rings (SSSR count). The maximum Gasteiger partial charge on any atom is 0.0562 e. The summed E-state index contributed by atoms with van der Waals surface area (Å²) < 4.78 is 5.17. The van der Waals surface area contributed by atoms with Crippen molar-refractivity contribution in [2.45, 2.75) is 45.1 Å². The van der Waals surface area contributed by atoms with Crippen LogP contribution < -0.4 is 0 Å².